The molecule has 9 heteroatoms. The van der Waals surface area contributed by atoms with Gasteiger partial charge in [0.05, 0.1) is 23.6 Å². The van der Waals surface area contributed by atoms with Gasteiger partial charge in [0.15, 0.2) is 0 Å². The van der Waals surface area contributed by atoms with Crippen molar-refractivity contribution in [1.82, 2.24) is 14.5 Å². The van der Waals surface area contributed by atoms with E-state index in [9.17, 15) is 9.50 Å². The van der Waals surface area contributed by atoms with Gasteiger partial charge in [-0.3, -0.25) is 9.98 Å². The number of aliphatic hydroxyl groups excluding tert-OH is 1. The number of aromatic nitrogens is 3. The first kappa shape index (κ1) is 19.2. The van der Waals surface area contributed by atoms with Crippen molar-refractivity contribution in [3.63, 3.8) is 0 Å². The van der Waals surface area contributed by atoms with Crippen molar-refractivity contribution in [2.24, 2.45) is 0 Å². The number of rotatable bonds is 6. The van der Waals surface area contributed by atoms with Gasteiger partial charge in [-0.25, -0.2) is 9.37 Å². The van der Waals surface area contributed by atoms with Crippen molar-refractivity contribution < 1.29 is 13.9 Å². The Labute approximate surface area is 170 Å². The third kappa shape index (κ3) is 3.90. The Hall–Kier alpha value is -3.10. The van der Waals surface area contributed by atoms with Crippen molar-refractivity contribution >= 4 is 28.6 Å². The molecule has 4 aromatic rings. The topological polar surface area (TPSA) is 103 Å². The minimum Gasteiger partial charge on any atom is -0.432 e. The van der Waals surface area contributed by atoms with Crippen LogP contribution >= 0.6 is 11.6 Å². The van der Waals surface area contributed by atoms with Crippen LogP contribution in [0.5, 0.6) is 0 Å². The van der Waals surface area contributed by atoms with E-state index in [4.69, 9.17) is 21.4 Å². The predicted molar refractivity (Wildman–Crippen MR) is 107 cm³/mol. The number of anilines is 1. The van der Waals surface area contributed by atoms with Gasteiger partial charge in [-0.05, 0) is 36.8 Å². The third-order valence-corrected chi connectivity index (χ3v) is 4.97. The highest BCUT2D eigenvalue weighted by Crippen LogP contribution is 2.26. The molecule has 4 rings (SSSR count). The molecule has 7 nitrogen and oxygen atoms in total. The van der Waals surface area contributed by atoms with Crippen LogP contribution in [0.15, 0.2) is 53.3 Å². The Kier molecular flexibility index (Phi) is 5.12. The van der Waals surface area contributed by atoms with Gasteiger partial charge in [0.2, 0.25) is 5.95 Å². The summed E-state index contributed by atoms with van der Waals surface area (Å²) in [6.45, 7) is 2.16. The van der Waals surface area contributed by atoms with Gasteiger partial charge in [-0.2, -0.15) is 0 Å². The van der Waals surface area contributed by atoms with Crippen molar-refractivity contribution in [2.75, 3.05) is 5.32 Å². The fourth-order valence-electron chi connectivity index (χ4n) is 3.20. The number of aromatic amines is 1. The molecule has 0 spiro atoms. The SMILES string of the molecule is CC(Nc1nc2c(Cn3ccoc3=N)cccc2[nH]1)C(O)c1cc(Cl)ccc1F. The largest absolute Gasteiger partial charge is 0.432 e. The molecule has 2 heterocycles. The summed E-state index contributed by atoms with van der Waals surface area (Å²) in [5.74, 6) is -0.0736. The summed E-state index contributed by atoms with van der Waals surface area (Å²) in [4.78, 5) is 7.74. The molecule has 150 valence electrons. The average molecular weight is 416 g/mol. The molecule has 0 bridgehead atoms. The van der Waals surface area contributed by atoms with E-state index in [2.05, 4.69) is 15.3 Å². The molecule has 29 heavy (non-hydrogen) atoms. The molecule has 2 unspecified atom stereocenters. The number of nitrogens with one attached hydrogen (secondary N) is 3. The summed E-state index contributed by atoms with van der Waals surface area (Å²) >= 11 is 5.93. The number of fused-ring (bicyclic) bond motifs is 1. The zero-order chi connectivity index (χ0) is 20.5. The van der Waals surface area contributed by atoms with Crippen molar-refractivity contribution in [3.05, 3.63) is 76.5 Å². The molecule has 4 N–H and O–H groups in total. The Morgan fingerprint density at radius 1 is 1.38 bits per heavy atom. The number of halogens is 2. The summed E-state index contributed by atoms with van der Waals surface area (Å²) in [6, 6.07) is 9.25. The molecular formula is C20H19ClFN5O2. The zero-order valence-corrected chi connectivity index (χ0v) is 16.2. The summed E-state index contributed by atoms with van der Waals surface area (Å²) < 4.78 is 20.7. The predicted octanol–water partition coefficient (Wildman–Crippen LogP) is 3.81. The van der Waals surface area contributed by atoms with Crippen LogP contribution in [0, 0.1) is 11.2 Å². The Morgan fingerprint density at radius 3 is 2.97 bits per heavy atom. The van der Waals surface area contributed by atoms with E-state index >= 15 is 0 Å². The fourth-order valence-corrected chi connectivity index (χ4v) is 3.38. The van der Waals surface area contributed by atoms with E-state index in [1.54, 1.807) is 17.7 Å². The number of imidazole rings is 1. The molecule has 0 saturated heterocycles. The lowest BCUT2D eigenvalue weighted by molar-refractivity contribution is 0.156. The first-order valence-electron chi connectivity index (χ1n) is 8.98. The Morgan fingerprint density at radius 2 is 2.21 bits per heavy atom. The highest BCUT2D eigenvalue weighted by Gasteiger charge is 2.21. The Bertz CT molecular complexity index is 1220. The van der Waals surface area contributed by atoms with Gasteiger partial charge in [-0.15, -0.1) is 0 Å². The Balaban J connectivity index is 1.58. The summed E-state index contributed by atoms with van der Waals surface area (Å²) in [5.41, 5.74) is 2.61. The second-order valence-corrected chi connectivity index (χ2v) is 7.21. The minimum atomic E-state index is -1.12. The van der Waals surface area contributed by atoms with E-state index in [0.29, 0.717) is 17.5 Å². The van der Waals surface area contributed by atoms with Crippen LogP contribution < -0.4 is 11.0 Å². The summed E-state index contributed by atoms with van der Waals surface area (Å²) in [6.07, 6.45) is 2.02. The van der Waals surface area contributed by atoms with Crippen LogP contribution in [0.2, 0.25) is 5.02 Å². The second kappa shape index (κ2) is 7.73. The molecule has 0 aliphatic carbocycles. The van der Waals surface area contributed by atoms with Crippen LogP contribution in [-0.2, 0) is 6.54 Å². The number of aliphatic hydroxyl groups is 1. The maximum atomic E-state index is 14.1. The quantitative estimate of drug-likeness (QED) is 0.384. The number of nitrogens with zero attached hydrogens (tertiary/aromatic N) is 2. The molecule has 0 fully saturated rings. The molecule has 0 aliphatic rings. The molecule has 2 aromatic carbocycles. The standard InChI is InChI=1S/C20H19ClFN5O2/c1-11(18(28)14-9-13(21)5-6-15(14)22)24-20-25-16-4-2-3-12(17(16)26-20)10-27-7-8-29-19(27)23/h2-9,11,18,23,28H,10H2,1H3,(H2,24,25,26). The number of H-pyrrole nitrogens is 1. The van der Waals surface area contributed by atoms with E-state index in [1.165, 1.54) is 24.5 Å². The summed E-state index contributed by atoms with van der Waals surface area (Å²) in [7, 11) is 0. The van der Waals surface area contributed by atoms with Crippen LogP contribution in [0.3, 0.4) is 0 Å². The first-order chi connectivity index (χ1) is 13.9. The lowest BCUT2D eigenvalue weighted by atomic mass is 10.0. The lowest BCUT2D eigenvalue weighted by Crippen LogP contribution is -2.25. The van der Waals surface area contributed by atoms with Gasteiger partial charge < -0.3 is 19.8 Å². The number of hydrogen-bond acceptors (Lipinski definition) is 5. The van der Waals surface area contributed by atoms with E-state index < -0.39 is 18.0 Å². The highest BCUT2D eigenvalue weighted by molar-refractivity contribution is 6.30. The van der Waals surface area contributed by atoms with Crippen molar-refractivity contribution in [1.29, 1.82) is 5.41 Å². The first-order valence-corrected chi connectivity index (χ1v) is 9.36. The molecule has 0 saturated carbocycles. The summed E-state index contributed by atoms with van der Waals surface area (Å²) in [5, 5.41) is 21.7. The van der Waals surface area contributed by atoms with Gasteiger partial charge in [0.25, 0.3) is 5.68 Å². The number of oxazole rings is 1. The van der Waals surface area contributed by atoms with Crippen molar-refractivity contribution in [2.45, 2.75) is 25.6 Å². The third-order valence-electron chi connectivity index (χ3n) is 4.73. The average Bonchev–Trinajstić information content (AvgIpc) is 3.29. The monoisotopic (exact) mass is 415 g/mol. The molecule has 0 amide bonds. The highest BCUT2D eigenvalue weighted by atomic mass is 35.5. The smallest absolute Gasteiger partial charge is 0.293 e. The number of benzene rings is 2. The van der Waals surface area contributed by atoms with Gasteiger partial charge in [0, 0.05) is 16.8 Å². The molecule has 2 atom stereocenters. The van der Waals surface area contributed by atoms with E-state index in [-0.39, 0.29) is 11.2 Å². The van der Waals surface area contributed by atoms with Crippen LogP contribution in [0.1, 0.15) is 24.2 Å². The van der Waals surface area contributed by atoms with Gasteiger partial charge in [0.1, 0.15) is 18.2 Å². The van der Waals surface area contributed by atoms with Crippen LogP contribution in [-0.4, -0.2) is 25.7 Å². The van der Waals surface area contributed by atoms with Crippen LogP contribution in [0.4, 0.5) is 10.3 Å². The lowest BCUT2D eigenvalue weighted by Gasteiger charge is -2.20. The van der Waals surface area contributed by atoms with Crippen molar-refractivity contribution in [3.8, 4) is 0 Å². The van der Waals surface area contributed by atoms with Gasteiger partial charge in [-0.1, -0.05) is 23.7 Å². The second-order valence-electron chi connectivity index (χ2n) is 6.78. The van der Waals surface area contributed by atoms with E-state index in [1.807, 2.05) is 18.2 Å². The maximum absolute atomic E-state index is 14.1. The maximum Gasteiger partial charge on any atom is 0.293 e. The fraction of sp³-hybridized carbons (Fsp3) is 0.200. The van der Waals surface area contributed by atoms with E-state index in [0.717, 1.165) is 16.6 Å². The molecule has 0 radical (unpaired) electrons. The molecule has 0 aliphatic heterocycles. The zero-order valence-electron chi connectivity index (χ0n) is 15.5. The number of hydrogen-bond donors (Lipinski definition) is 4. The minimum absolute atomic E-state index is 0.0520. The van der Waals surface area contributed by atoms with Crippen LogP contribution in [0.25, 0.3) is 11.0 Å². The normalized spacial score (nSPS) is 13.5. The molecular weight excluding hydrogens is 397 g/mol. The van der Waals surface area contributed by atoms with Gasteiger partial charge >= 0.3 is 0 Å². The number of para-hydroxylation sites is 1. The molecule has 2 aromatic heterocycles.